The molecule has 2 N–H and O–H groups in total. The van der Waals surface area contributed by atoms with Gasteiger partial charge in [-0.05, 0) is 31.0 Å². The van der Waals surface area contributed by atoms with Crippen molar-refractivity contribution in [1.29, 1.82) is 0 Å². The van der Waals surface area contributed by atoms with Gasteiger partial charge in [-0.1, -0.05) is 18.3 Å². The molecule has 4 nitrogen and oxygen atoms in total. The van der Waals surface area contributed by atoms with E-state index in [1.807, 2.05) is 0 Å². The van der Waals surface area contributed by atoms with Gasteiger partial charge in [-0.2, -0.15) is 4.31 Å². The third kappa shape index (κ3) is 3.10. The summed E-state index contributed by atoms with van der Waals surface area (Å²) in [6.07, 6.45) is 1.23. The minimum Gasteiger partial charge on any atom is -0.393 e. The number of halogens is 1. The number of piperidine rings is 1. The van der Waals surface area contributed by atoms with Crippen LogP contribution < -0.4 is 5.73 Å². The number of hydrogen-bond donors (Lipinski definition) is 1. The maximum Gasteiger partial charge on any atom is 0.243 e. The van der Waals surface area contributed by atoms with Crippen LogP contribution in [0.4, 0.5) is 4.39 Å². The van der Waals surface area contributed by atoms with Crippen LogP contribution in [-0.4, -0.2) is 30.8 Å². The molecule has 0 unspecified atom stereocenters. The standard InChI is InChI=1S/C12H15FN2O2S2/c13-10-2-1-3-11(8-10)19(16,17)15-6-4-9(5-7-15)12(14)18/h1-3,8-9H,4-7H2,(H2,14,18). The lowest BCUT2D eigenvalue weighted by atomic mass is 9.98. The molecule has 1 fully saturated rings. The Kier molecular flexibility index (Phi) is 4.17. The second-order valence-electron chi connectivity index (χ2n) is 4.54. The van der Waals surface area contributed by atoms with Crippen LogP contribution in [0.5, 0.6) is 0 Å². The molecule has 0 saturated carbocycles. The van der Waals surface area contributed by atoms with E-state index in [0.717, 1.165) is 6.07 Å². The van der Waals surface area contributed by atoms with Gasteiger partial charge >= 0.3 is 0 Å². The molecule has 0 aromatic heterocycles. The Morgan fingerprint density at radius 1 is 1.37 bits per heavy atom. The average Bonchev–Trinajstić information content (AvgIpc) is 2.39. The third-order valence-electron chi connectivity index (χ3n) is 3.29. The summed E-state index contributed by atoms with van der Waals surface area (Å²) in [6.45, 7) is 0.724. The van der Waals surface area contributed by atoms with Crippen molar-refractivity contribution < 1.29 is 12.8 Å². The van der Waals surface area contributed by atoms with Gasteiger partial charge in [0.15, 0.2) is 0 Å². The van der Waals surface area contributed by atoms with Gasteiger partial charge in [-0.15, -0.1) is 0 Å². The maximum atomic E-state index is 13.1. The van der Waals surface area contributed by atoms with Crippen molar-refractivity contribution in [3.63, 3.8) is 0 Å². The van der Waals surface area contributed by atoms with Gasteiger partial charge < -0.3 is 5.73 Å². The van der Waals surface area contributed by atoms with Crippen LogP contribution in [-0.2, 0) is 10.0 Å². The molecule has 1 saturated heterocycles. The number of benzene rings is 1. The molecule has 0 atom stereocenters. The predicted molar refractivity (Wildman–Crippen MR) is 74.7 cm³/mol. The highest BCUT2D eigenvalue weighted by Gasteiger charge is 2.30. The summed E-state index contributed by atoms with van der Waals surface area (Å²) in [6, 6.07) is 5.05. The molecule has 104 valence electrons. The minimum absolute atomic E-state index is 0.0127. The molecule has 19 heavy (non-hydrogen) atoms. The second kappa shape index (κ2) is 5.52. The van der Waals surface area contributed by atoms with E-state index in [0.29, 0.717) is 30.9 Å². The molecule has 1 aliphatic rings. The lowest BCUT2D eigenvalue weighted by Gasteiger charge is -2.30. The van der Waals surface area contributed by atoms with Crippen LogP contribution in [0.25, 0.3) is 0 Å². The van der Waals surface area contributed by atoms with E-state index in [1.54, 1.807) is 0 Å². The highest BCUT2D eigenvalue weighted by molar-refractivity contribution is 7.89. The largest absolute Gasteiger partial charge is 0.393 e. The zero-order valence-electron chi connectivity index (χ0n) is 10.3. The van der Waals surface area contributed by atoms with Crippen molar-refractivity contribution in [3.05, 3.63) is 30.1 Å². The van der Waals surface area contributed by atoms with Crippen molar-refractivity contribution >= 4 is 27.2 Å². The van der Waals surface area contributed by atoms with Crippen molar-refractivity contribution in [2.45, 2.75) is 17.7 Å². The Balaban J connectivity index is 2.16. The Hall–Kier alpha value is -1.05. The van der Waals surface area contributed by atoms with E-state index in [1.165, 1.54) is 22.5 Å². The van der Waals surface area contributed by atoms with Gasteiger partial charge in [0.1, 0.15) is 5.82 Å². The van der Waals surface area contributed by atoms with E-state index >= 15 is 0 Å². The van der Waals surface area contributed by atoms with Crippen LogP contribution in [0.1, 0.15) is 12.8 Å². The third-order valence-corrected chi connectivity index (χ3v) is 5.52. The molecule has 7 heteroatoms. The van der Waals surface area contributed by atoms with Crippen molar-refractivity contribution in [1.82, 2.24) is 4.31 Å². The lowest BCUT2D eigenvalue weighted by Crippen LogP contribution is -2.41. The Bertz CT molecular complexity index is 581. The fourth-order valence-corrected chi connectivity index (χ4v) is 3.89. The molecule has 0 spiro atoms. The molecule has 1 aliphatic heterocycles. The summed E-state index contributed by atoms with van der Waals surface area (Å²) in [7, 11) is -3.62. The molecular formula is C12H15FN2O2S2. The SMILES string of the molecule is NC(=S)C1CCN(S(=O)(=O)c2cccc(F)c2)CC1. The van der Waals surface area contributed by atoms with Crippen LogP contribution in [0.2, 0.25) is 0 Å². The molecule has 0 aliphatic carbocycles. The van der Waals surface area contributed by atoms with E-state index in [-0.39, 0.29) is 10.8 Å². The van der Waals surface area contributed by atoms with Crippen LogP contribution >= 0.6 is 12.2 Å². The Morgan fingerprint density at radius 2 is 2.00 bits per heavy atom. The van der Waals surface area contributed by atoms with Crippen molar-refractivity contribution in [2.75, 3.05) is 13.1 Å². The summed E-state index contributed by atoms with van der Waals surface area (Å²) < 4.78 is 39.1. The summed E-state index contributed by atoms with van der Waals surface area (Å²) in [5.41, 5.74) is 5.57. The second-order valence-corrected chi connectivity index (χ2v) is 6.95. The zero-order chi connectivity index (χ0) is 14.0. The Labute approximate surface area is 117 Å². The fraction of sp³-hybridized carbons (Fsp3) is 0.417. The number of sulfonamides is 1. The van der Waals surface area contributed by atoms with E-state index in [2.05, 4.69) is 0 Å². The van der Waals surface area contributed by atoms with Crippen molar-refractivity contribution in [3.8, 4) is 0 Å². The number of hydrogen-bond acceptors (Lipinski definition) is 3. The predicted octanol–water partition coefficient (Wildman–Crippen LogP) is 1.51. The fourth-order valence-electron chi connectivity index (χ4n) is 2.16. The smallest absolute Gasteiger partial charge is 0.243 e. The summed E-state index contributed by atoms with van der Waals surface area (Å²) in [5, 5.41) is 0. The lowest BCUT2D eigenvalue weighted by molar-refractivity contribution is 0.316. The Morgan fingerprint density at radius 3 is 2.53 bits per heavy atom. The minimum atomic E-state index is -3.62. The summed E-state index contributed by atoms with van der Waals surface area (Å²) in [5.74, 6) is -0.465. The molecule has 1 heterocycles. The normalized spacial score (nSPS) is 18.4. The summed E-state index contributed by atoms with van der Waals surface area (Å²) >= 11 is 4.92. The molecule has 0 bridgehead atoms. The summed E-state index contributed by atoms with van der Waals surface area (Å²) in [4.78, 5) is 0.420. The number of nitrogens with zero attached hydrogens (tertiary/aromatic N) is 1. The molecule has 1 aromatic rings. The molecule has 2 rings (SSSR count). The monoisotopic (exact) mass is 302 g/mol. The quantitative estimate of drug-likeness (QED) is 0.860. The first-order valence-electron chi connectivity index (χ1n) is 5.96. The van der Waals surface area contributed by atoms with Crippen LogP contribution in [0.15, 0.2) is 29.2 Å². The van der Waals surface area contributed by atoms with Gasteiger partial charge in [0, 0.05) is 19.0 Å². The highest BCUT2D eigenvalue weighted by atomic mass is 32.2. The number of nitrogens with two attached hydrogens (primary N) is 1. The van der Waals surface area contributed by atoms with Gasteiger partial charge in [0.25, 0.3) is 0 Å². The molecule has 0 radical (unpaired) electrons. The first kappa shape index (κ1) is 14.4. The van der Waals surface area contributed by atoms with Gasteiger partial charge in [-0.3, -0.25) is 0 Å². The van der Waals surface area contributed by atoms with Gasteiger partial charge in [0.2, 0.25) is 10.0 Å². The molecular weight excluding hydrogens is 287 g/mol. The average molecular weight is 302 g/mol. The number of thiocarbonyl (C=S) groups is 1. The van der Waals surface area contributed by atoms with E-state index in [9.17, 15) is 12.8 Å². The van der Waals surface area contributed by atoms with Crippen LogP contribution in [0, 0.1) is 11.7 Å². The molecule has 1 aromatic carbocycles. The van der Waals surface area contributed by atoms with Gasteiger partial charge in [-0.25, -0.2) is 12.8 Å². The van der Waals surface area contributed by atoms with E-state index in [4.69, 9.17) is 18.0 Å². The van der Waals surface area contributed by atoms with Crippen molar-refractivity contribution in [2.24, 2.45) is 11.7 Å². The van der Waals surface area contributed by atoms with Gasteiger partial charge in [0.05, 0.1) is 9.88 Å². The van der Waals surface area contributed by atoms with Crippen LogP contribution in [0.3, 0.4) is 0 Å². The topological polar surface area (TPSA) is 63.4 Å². The van der Waals surface area contributed by atoms with E-state index < -0.39 is 15.8 Å². The zero-order valence-corrected chi connectivity index (χ0v) is 11.9. The molecule has 0 amide bonds. The first-order chi connectivity index (χ1) is 8.91. The highest BCUT2D eigenvalue weighted by Crippen LogP contribution is 2.24. The number of rotatable bonds is 3. The first-order valence-corrected chi connectivity index (χ1v) is 7.81. The maximum absolute atomic E-state index is 13.1.